The Morgan fingerprint density at radius 1 is 1.17 bits per heavy atom. The largest absolute Gasteiger partial charge is 0.491 e. The zero-order chi connectivity index (χ0) is 16.5. The SMILES string of the molecule is CCCCOc1ccccc1NC(=O)/C=C/c1ccc(Cl)cc1. The molecule has 2 aromatic carbocycles. The van der Waals surface area contributed by atoms with Gasteiger partial charge < -0.3 is 10.1 Å². The zero-order valence-corrected chi connectivity index (χ0v) is 13.8. The molecule has 0 heterocycles. The zero-order valence-electron chi connectivity index (χ0n) is 13.1. The molecule has 0 saturated heterocycles. The van der Waals surface area contributed by atoms with Gasteiger partial charge in [0.05, 0.1) is 12.3 Å². The van der Waals surface area contributed by atoms with Crippen LogP contribution in [0.3, 0.4) is 0 Å². The Balaban J connectivity index is 1.98. The van der Waals surface area contributed by atoms with Crippen LogP contribution in [-0.2, 0) is 4.79 Å². The molecule has 0 saturated carbocycles. The molecule has 0 unspecified atom stereocenters. The van der Waals surface area contributed by atoms with E-state index < -0.39 is 0 Å². The van der Waals surface area contributed by atoms with Crippen LogP contribution in [0.2, 0.25) is 5.02 Å². The number of nitrogens with one attached hydrogen (secondary N) is 1. The third-order valence-electron chi connectivity index (χ3n) is 3.20. The summed E-state index contributed by atoms with van der Waals surface area (Å²) in [7, 11) is 0. The Morgan fingerprint density at radius 2 is 1.91 bits per heavy atom. The molecule has 0 aliphatic heterocycles. The van der Waals surface area contributed by atoms with Crippen LogP contribution in [0.15, 0.2) is 54.6 Å². The van der Waals surface area contributed by atoms with Gasteiger partial charge in [-0.3, -0.25) is 4.79 Å². The van der Waals surface area contributed by atoms with Crippen molar-refractivity contribution >= 4 is 29.3 Å². The molecule has 23 heavy (non-hydrogen) atoms. The van der Waals surface area contributed by atoms with E-state index in [1.807, 2.05) is 36.4 Å². The number of anilines is 1. The Morgan fingerprint density at radius 3 is 2.65 bits per heavy atom. The molecule has 1 amide bonds. The number of hydrogen-bond acceptors (Lipinski definition) is 2. The summed E-state index contributed by atoms with van der Waals surface area (Å²) in [5, 5.41) is 3.51. The lowest BCUT2D eigenvalue weighted by molar-refractivity contribution is -0.111. The van der Waals surface area contributed by atoms with Crippen LogP contribution in [0.5, 0.6) is 5.75 Å². The van der Waals surface area contributed by atoms with E-state index >= 15 is 0 Å². The standard InChI is InChI=1S/C19H20ClNO2/c1-2-3-14-23-18-7-5-4-6-17(18)21-19(22)13-10-15-8-11-16(20)12-9-15/h4-13H,2-3,14H2,1H3,(H,21,22)/b13-10+. The van der Waals surface area contributed by atoms with Gasteiger partial charge in [-0.1, -0.05) is 49.2 Å². The van der Waals surface area contributed by atoms with Gasteiger partial charge in [0.2, 0.25) is 5.91 Å². The van der Waals surface area contributed by atoms with Gasteiger partial charge in [0.1, 0.15) is 5.75 Å². The fourth-order valence-corrected chi connectivity index (χ4v) is 2.07. The molecule has 0 fully saturated rings. The first kappa shape index (κ1) is 17.1. The van der Waals surface area contributed by atoms with Gasteiger partial charge >= 0.3 is 0 Å². The molecule has 120 valence electrons. The molecule has 0 atom stereocenters. The number of benzene rings is 2. The topological polar surface area (TPSA) is 38.3 Å². The van der Waals surface area contributed by atoms with Crippen LogP contribution in [0, 0.1) is 0 Å². The summed E-state index contributed by atoms with van der Waals surface area (Å²) in [5.74, 6) is 0.487. The lowest BCUT2D eigenvalue weighted by atomic mass is 10.2. The van der Waals surface area contributed by atoms with E-state index in [1.165, 1.54) is 6.08 Å². The summed E-state index contributed by atoms with van der Waals surface area (Å²) in [6.07, 6.45) is 5.29. The van der Waals surface area contributed by atoms with Crippen molar-refractivity contribution in [1.29, 1.82) is 0 Å². The van der Waals surface area contributed by atoms with Crippen molar-refractivity contribution < 1.29 is 9.53 Å². The predicted octanol–water partition coefficient (Wildman–Crippen LogP) is 5.17. The second-order valence-electron chi connectivity index (χ2n) is 5.07. The van der Waals surface area contributed by atoms with E-state index in [9.17, 15) is 4.79 Å². The molecule has 0 aliphatic rings. The maximum absolute atomic E-state index is 12.1. The summed E-state index contributed by atoms with van der Waals surface area (Å²) >= 11 is 5.83. The third kappa shape index (κ3) is 5.80. The Bertz CT molecular complexity index is 665. The predicted molar refractivity (Wildman–Crippen MR) is 96.0 cm³/mol. The summed E-state index contributed by atoms with van der Waals surface area (Å²) in [6, 6.07) is 14.7. The number of para-hydroxylation sites is 2. The van der Waals surface area contributed by atoms with Gasteiger partial charge in [0, 0.05) is 11.1 Å². The maximum atomic E-state index is 12.1. The number of carbonyl (C=O) groups excluding carboxylic acids is 1. The fourth-order valence-electron chi connectivity index (χ4n) is 1.94. The smallest absolute Gasteiger partial charge is 0.248 e. The van der Waals surface area contributed by atoms with Crippen LogP contribution in [0.25, 0.3) is 6.08 Å². The van der Waals surface area contributed by atoms with E-state index in [1.54, 1.807) is 18.2 Å². The fraction of sp³-hybridized carbons (Fsp3) is 0.211. The van der Waals surface area contributed by atoms with Gasteiger partial charge in [0.25, 0.3) is 0 Å². The van der Waals surface area contributed by atoms with E-state index in [2.05, 4.69) is 12.2 Å². The summed E-state index contributed by atoms with van der Waals surface area (Å²) in [4.78, 5) is 12.1. The van der Waals surface area contributed by atoms with Crippen molar-refractivity contribution in [1.82, 2.24) is 0 Å². The van der Waals surface area contributed by atoms with Crippen LogP contribution >= 0.6 is 11.6 Å². The first-order valence-electron chi connectivity index (χ1n) is 7.65. The number of carbonyl (C=O) groups is 1. The number of halogens is 1. The highest BCUT2D eigenvalue weighted by atomic mass is 35.5. The van der Waals surface area contributed by atoms with E-state index in [-0.39, 0.29) is 5.91 Å². The highest BCUT2D eigenvalue weighted by Crippen LogP contribution is 2.24. The average molecular weight is 330 g/mol. The summed E-state index contributed by atoms with van der Waals surface area (Å²) < 4.78 is 5.70. The third-order valence-corrected chi connectivity index (χ3v) is 3.45. The van der Waals surface area contributed by atoms with E-state index in [0.717, 1.165) is 18.4 Å². The molecule has 0 radical (unpaired) electrons. The normalized spacial score (nSPS) is 10.7. The number of rotatable bonds is 7. The minimum Gasteiger partial charge on any atom is -0.491 e. The Labute approximate surface area is 141 Å². The molecule has 0 spiro atoms. The summed E-state index contributed by atoms with van der Waals surface area (Å²) in [6.45, 7) is 2.75. The molecule has 2 aromatic rings. The quantitative estimate of drug-likeness (QED) is 0.562. The molecule has 4 heteroatoms. The Kier molecular flexibility index (Phi) is 6.70. The van der Waals surface area contributed by atoms with Gasteiger partial charge in [-0.25, -0.2) is 0 Å². The highest BCUT2D eigenvalue weighted by Gasteiger charge is 2.05. The monoisotopic (exact) mass is 329 g/mol. The number of ether oxygens (including phenoxy) is 1. The first-order valence-corrected chi connectivity index (χ1v) is 8.03. The van der Waals surface area contributed by atoms with Crippen molar-refractivity contribution in [2.45, 2.75) is 19.8 Å². The van der Waals surface area contributed by atoms with Gasteiger partial charge in [-0.15, -0.1) is 0 Å². The van der Waals surface area contributed by atoms with Crippen LogP contribution in [0.4, 0.5) is 5.69 Å². The number of hydrogen-bond donors (Lipinski definition) is 1. The molecule has 0 aromatic heterocycles. The van der Waals surface area contributed by atoms with E-state index in [0.29, 0.717) is 23.1 Å². The molecule has 3 nitrogen and oxygen atoms in total. The summed E-state index contributed by atoms with van der Waals surface area (Å²) in [5.41, 5.74) is 1.59. The van der Waals surface area contributed by atoms with Crippen molar-refractivity contribution in [3.63, 3.8) is 0 Å². The van der Waals surface area contributed by atoms with Gasteiger partial charge in [0.15, 0.2) is 0 Å². The Hall–Kier alpha value is -2.26. The molecule has 0 aliphatic carbocycles. The van der Waals surface area contributed by atoms with Crippen LogP contribution in [0.1, 0.15) is 25.3 Å². The van der Waals surface area contributed by atoms with Crippen molar-refractivity contribution in [2.24, 2.45) is 0 Å². The second kappa shape index (κ2) is 9.01. The van der Waals surface area contributed by atoms with Gasteiger partial charge in [-0.05, 0) is 42.3 Å². The molecular formula is C19H20ClNO2. The maximum Gasteiger partial charge on any atom is 0.248 e. The minimum atomic E-state index is -0.202. The highest BCUT2D eigenvalue weighted by molar-refractivity contribution is 6.30. The van der Waals surface area contributed by atoms with Crippen LogP contribution in [-0.4, -0.2) is 12.5 Å². The van der Waals surface area contributed by atoms with Crippen LogP contribution < -0.4 is 10.1 Å². The number of amides is 1. The molecule has 2 rings (SSSR count). The van der Waals surface area contributed by atoms with Gasteiger partial charge in [-0.2, -0.15) is 0 Å². The molecule has 1 N–H and O–H groups in total. The second-order valence-corrected chi connectivity index (χ2v) is 5.51. The lowest BCUT2D eigenvalue weighted by Gasteiger charge is -2.11. The lowest BCUT2D eigenvalue weighted by Crippen LogP contribution is -2.09. The van der Waals surface area contributed by atoms with Crippen molar-refractivity contribution in [3.05, 3.63) is 65.2 Å². The minimum absolute atomic E-state index is 0.202. The van der Waals surface area contributed by atoms with Crippen molar-refractivity contribution in [2.75, 3.05) is 11.9 Å². The van der Waals surface area contributed by atoms with Crippen molar-refractivity contribution in [3.8, 4) is 5.75 Å². The molecular weight excluding hydrogens is 310 g/mol. The number of unbranched alkanes of at least 4 members (excludes halogenated alkanes) is 1. The first-order chi connectivity index (χ1) is 11.2. The average Bonchev–Trinajstić information content (AvgIpc) is 2.56. The molecule has 0 bridgehead atoms. The van der Waals surface area contributed by atoms with E-state index in [4.69, 9.17) is 16.3 Å².